The Hall–Kier alpha value is -1.59. The minimum Gasteiger partial charge on any atom is -0.358 e. The third-order valence-electron chi connectivity index (χ3n) is 2.47. The zero-order valence-corrected chi connectivity index (χ0v) is 11.6. The molecule has 5 nitrogen and oxygen atoms in total. The third-order valence-corrected chi connectivity index (χ3v) is 2.71. The molecule has 0 saturated carbocycles. The number of carbonyl (C=O) groups is 2. The van der Waals surface area contributed by atoms with Crippen molar-refractivity contribution in [1.29, 1.82) is 0 Å². The average molecular weight is 284 g/mol. The summed E-state index contributed by atoms with van der Waals surface area (Å²) in [5, 5.41) is 8.67. The molecule has 0 aliphatic carbocycles. The van der Waals surface area contributed by atoms with Crippen molar-refractivity contribution in [2.75, 3.05) is 26.7 Å². The number of hydrogen-bond acceptors (Lipinski definition) is 3. The van der Waals surface area contributed by atoms with E-state index in [4.69, 9.17) is 11.6 Å². The van der Waals surface area contributed by atoms with Gasteiger partial charge in [0.15, 0.2) is 0 Å². The molecule has 3 N–H and O–H groups in total. The van der Waals surface area contributed by atoms with Crippen LogP contribution in [0, 0.1) is 0 Å². The van der Waals surface area contributed by atoms with E-state index in [0.717, 1.165) is 12.0 Å². The fraction of sp³-hybridized carbons (Fsp3) is 0.385. The molecule has 2 amide bonds. The Labute approximate surface area is 117 Å². The van der Waals surface area contributed by atoms with Crippen LogP contribution in [-0.4, -0.2) is 38.5 Å². The molecule has 104 valence electrons. The topological polar surface area (TPSA) is 70.2 Å². The zero-order valence-electron chi connectivity index (χ0n) is 10.8. The summed E-state index contributed by atoms with van der Waals surface area (Å²) in [6.45, 7) is 0.808. The molecule has 0 heterocycles. The molecule has 0 atom stereocenters. The smallest absolute Gasteiger partial charge is 0.233 e. The summed E-state index contributed by atoms with van der Waals surface area (Å²) in [5.41, 5.74) is 1.08. The van der Waals surface area contributed by atoms with Crippen LogP contribution in [0.4, 0.5) is 0 Å². The number of benzene rings is 1. The van der Waals surface area contributed by atoms with Gasteiger partial charge in [0.1, 0.15) is 0 Å². The molecule has 0 spiro atoms. The lowest BCUT2D eigenvalue weighted by Crippen LogP contribution is -2.39. The molecule has 1 aromatic carbocycles. The number of halogens is 1. The van der Waals surface area contributed by atoms with Crippen molar-refractivity contribution in [3.8, 4) is 0 Å². The van der Waals surface area contributed by atoms with Crippen molar-refractivity contribution >= 4 is 23.4 Å². The van der Waals surface area contributed by atoms with Crippen LogP contribution >= 0.6 is 11.6 Å². The van der Waals surface area contributed by atoms with Gasteiger partial charge >= 0.3 is 0 Å². The first-order valence-corrected chi connectivity index (χ1v) is 6.42. The van der Waals surface area contributed by atoms with Gasteiger partial charge in [0.2, 0.25) is 11.8 Å². The van der Waals surface area contributed by atoms with E-state index in [9.17, 15) is 9.59 Å². The maximum Gasteiger partial charge on any atom is 0.233 e. The fourth-order valence-electron chi connectivity index (χ4n) is 1.48. The molecule has 1 rings (SSSR count). The maximum absolute atomic E-state index is 11.4. The van der Waals surface area contributed by atoms with Crippen molar-refractivity contribution in [2.45, 2.75) is 6.42 Å². The van der Waals surface area contributed by atoms with Crippen molar-refractivity contribution in [3.05, 3.63) is 34.9 Å². The molecule has 0 aliphatic rings. The molecule has 0 radical (unpaired) electrons. The summed E-state index contributed by atoms with van der Waals surface area (Å²) in [6.07, 6.45) is 0.724. The summed E-state index contributed by atoms with van der Waals surface area (Å²) in [7, 11) is 1.55. The highest BCUT2D eigenvalue weighted by atomic mass is 35.5. The van der Waals surface area contributed by atoms with E-state index in [1.807, 2.05) is 24.3 Å². The van der Waals surface area contributed by atoms with Gasteiger partial charge in [-0.3, -0.25) is 14.9 Å². The van der Waals surface area contributed by atoms with Crippen LogP contribution in [0.3, 0.4) is 0 Å². The molecule has 6 heteroatoms. The predicted octanol–water partition coefficient (Wildman–Crippen LogP) is 0.334. The first kappa shape index (κ1) is 15.5. The van der Waals surface area contributed by atoms with Gasteiger partial charge in [0, 0.05) is 18.6 Å². The largest absolute Gasteiger partial charge is 0.358 e. The predicted molar refractivity (Wildman–Crippen MR) is 75.1 cm³/mol. The van der Waals surface area contributed by atoms with Crippen molar-refractivity contribution < 1.29 is 9.59 Å². The van der Waals surface area contributed by atoms with Crippen LogP contribution in [0.15, 0.2) is 24.3 Å². The Morgan fingerprint density at radius 3 is 2.63 bits per heavy atom. The van der Waals surface area contributed by atoms with E-state index in [2.05, 4.69) is 16.0 Å². The lowest BCUT2D eigenvalue weighted by atomic mass is 10.1. The van der Waals surface area contributed by atoms with Gasteiger partial charge in [0.05, 0.1) is 13.1 Å². The van der Waals surface area contributed by atoms with Gasteiger partial charge in [-0.15, -0.1) is 0 Å². The minimum atomic E-state index is -0.147. The molecule has 1 aromatic rings. The number of hydrogen-bond donors (Lipinski definition) is 3. The summed E-state index contributed by atoms with van der Waals surface area (Å²) >= 11 is 5.86. The Kier molecular flexibility index (Phi) is 6.92. The highest BCUT2D eigenvalue weighted by molar-refractivity contribution is 6.30. The van der Waals surface area contributed by atoms with E-state index in [-0.39, 0.29) is 24.9 Å². The number of likely N-dealkylation sites (N-methyl/N-ethyl adjacent to an activating group) is 1. The van der Waals surface area contributed by atoms with Crippen LogP contribution in [-0.2, 0) is 16.0 Å². The lowest BCUT2D eigenvalue weighted by molar-refractivity contribution is -0.121. The summed E-state index contributed by atoms with van der Waals surface area (Å²) in [5.74, 6) is -0.280. The van der Waals surface area contributed by atoms with Crippen LogP contribution in [0.1, 0.15) is 5.56 Å². The fourth-order valence-corrected chi connectivity index (χ4v) is 1.69. The van der Waals surface area contributed by atoms with Gasteiger partial charge in [-0.25, -0.2) is 0 Å². The summed E-state index contributed by atoms with van der Waals surface area (Å²) in [4.78, 5) is 22.3. The maximum atomic E-state index is 11.4. The first-order valence-electron chi connectivity index (χ1n) is 6.04. The highest BCUT2D eigenvalue weighted by Crippen LogP contribution is 2.10. The Balaban J connectivity index is 2.15. The van der Waals surface area contributed by atoms with Gasteiger partial charge in [-0.05, 0) is 24.1 Å². The number of amides is 2. The SMILES string of the molecule is CNC(=O)CNCC(=O)NCCc1cccc(Cl)c1. The average Bonchev–Trinajstić information content (AvgIpc) is 2.38. The van der Waals surface area contributed by atoms with Gasteiger partial charge in [-0.1, -0.05) is 23.7 Å². The van der Waals surface area contributed by atoms with E-state index >= 15 is 0 Å². The zero-order chi connectivity index (χ0) is 14.1. The third kappa shape index (κ3) is 6.79. The minimum absolute atomic E-state index is 0.128. The summed E-state index contributed by atoms with van der Waals surface area (Å²) < 4.78 is 0. The van der Waals surface area contributed by atoms with Gasteiger partial charge in [-0.2, -0.15) is 0 Å². The van der Waals surface area contributed by atoms with Crippen LogP contribution in [0.5, 0.6) is 0 Å². The molecule has 0 unspecified atom stereocenters. The van der Waals surface area contributed by atoms with Crippen molar-refractivity contribution in [3.63, 3.8) is 0 Å². The van der Waals surface area contributed by atoms with Gasteiger partial charge in [0.25, 0.3) is 0 Å². The molecular weight excluding hydrogens is 266 g/mol. The Morgan fingerprint density at radius 2 is 1.95 bits per heavy atom. The van der Waals surface area contributed by atoms with Crippen LogP contribution < -0.4 is 16.0 Å². The normalized spacial score (nSPS) is 10.0. The second-order valence-corrected chi connectivity index (χ2v) is 4.44. The second kappa shape index (κ2) is 8.50. The summed E-state index contributed by atoms with van der Waals surface area (Å²) in [6, 6.07) is 7.52. The van der Waals surface area contributed by atoms with Crippen molar-refractivity contribution in [1.82, 2.24) is 16.0 Å². The highest BCUT2D eigenvalue weighted by Gasteiger charge is 2.02. The van der Waals surface area contributed by atoms with Crippen LogP contribution in [0.2, 0.25) is 5.02 Å². The van der Waals surface area contributed by atoms with E-state index < -0.39 is 0 Å². The van der Waals surface area contributed by atoms with E-state index in [0.29, 0.717) is 11.6 Å². The molecule has 0 aliphatic heterocycles. The standard InChI is InChI=1S/C13H18ClN3O2/c1-15-12(18)8-16-9-13(19)17-6-5-10-3-2-4-11(14)7-10/h2-4,7,16H,5-6,8-9H2,1H3,(H,15,18)(H,17,19). The van der Waals surface area contributed by atoms with Gasteiger partial charge < -0.3 is 10.6 Å². The molecule has 0 bridgehead atoms. The number of rotatable bonds is 7. The Bertz CT molecular complexity index is 438. The second-order valence-electron chi connectivity index (χ2n) is 4.01. The Morgan fingerprint density at radius 1 is 1.21 bits per heavy atom. The number of nitrogens with one attached hydrogen (secondary N) is 3. The monoisotopic (exact) mass is 283 g/mol. The molecular formula is C13H18ClN3O2. The van der Waals surface area contributed by atoms with E-state index in [1.165, 1.54) is 0 Å². The number of carbonyl (C=O) groups excluding carboxylic acids is 2. The lowest BCUT2D eigenvalue weighted by Gasteiger charge is -2.06. The van der Waals surface area contributed by atoms with E-state index in [1.54, 1.807) is 7.05 Å². The molecule has 0 fully saturated rings. The first-order chi connectivity index (χ1) is 9.11. The molecule has 0 aromatic heterocycles. The molecule has 0 saturated heterocycles. The molecule has 19 heavy (non-hydrogen) atoms. The van der Waals surface area contributed by atoms with Crippen molar-refractivity contribution in [2.24, 2.45) is 0 Å². The quantitative estimate of drug-likeness (QED) is 0.676. The van der Waals surface area contributed by atoms with Crippen LogP contribution in [0.25, 0.3) is 0 Å².